The molecule has 176 valence electrons. The lowest BCUT2D eigenvalue weighted by atomic mass is 10.0. The Labute approximate surface area is 209 Å². The minimum Gasteiger partial charge on any atom is -0.379 e. The van der Waals surface area contributed by atoms with E-state index < -0.39 is 0 Å². The lowest BCUT2D eigenvalue weighted by Gasteiger charge is -2.35. The standard InChI is InChI=1S/C25H35N3O3.HI/c1-4-29-14-15-30-19-22-10-7-9-21(16-22)17-27-25(26-3)28-12-13-31-24(18-28)23-11-6-5-8-20(23)2;/h5-11,16,24H,4,12-15,17-19H2,1-3H3,(H,26,27);1H. The average Bonchev–Trinajstić information content (AvgIpc) is 2.80. The van der Waals surface area contributed by atoms with Gasteiger partial charge in [0, 0.05) is 26.7 Å². The van der Waals surface area contributed by atoms with Gasteiger partial charge in [0.15, 0.2) is 5.96 Å². The van der Waals surface area contributed by atoms with E-state index in [1.54, 1.807) is 0 Å². The van der Waals surface area contributed by atoms with Gasteiger partial charge in [-0.1, -0.05) is 48.5 Å². The van der Waals surface area contributed by atoms with Crippen LogP contribution in [-0.4, -0.2) is 57.4 Å². The minimum absolute atomic E-state index is 0. The summed E-state index contributed by atoms with van der Waals surface area (Å²) < 4.78 is 17.1. The van der Waals surface area contributed by atoms with E-state index in [1.807, 2.05) is 14.0 Å². The molecule has 0 bridgehead atoms. The van der Waals surface area contributed by atoms with Gasteiger partial charge >= 0.3 is 0 Å². The molecule has 32 heavy (non-hydrogen) atoms. The summed E-state index contributed by atoms with van der Waals surface area (Å²) in [6, 6.07) is 16.9. The van der Waals surface area contributed by atoms with Crippen molar-refractivity contribution in [1.29, 1.82) is 0 Å². The molecule has 1 aliphatic rings. The molecule has 0 amide bonds. The third kappa shape index (κ3) is 8.03. The molecule has 0 spiro atoms. The summed E-state index contributed by atoms with van der Waals surface area (Å²) in [7, 11) is 1.84. The first-order valence-electron chi connectivity index (χ1n) is 11.1. The molecule has 1 atom stereocenters. The first-order chi connectivity index (χ1) is 15.2. The van der Waals surface area contributed by atoms with Gasteiger partial charge in [-0.3, -0.25) is 4.99 Å². The molecular weight excluding hydrogens is 517 g/mol. The Hall–Kier alpha value is -1.68. The van der Waals surface area contributed by atoms with Crippen LogP contribution in [0.15, 0.2) is 53.5 Å². The van der Waals surface area contributed by atoms with Gasteiger partial charge < -0.3 is 24.4 Å². The Morgan fingerprint density at radius 3 is 2.69 bits per heavy atom. The summed E-state index contributed by atoms with van der Waals surface area (Å²) in [5, 5.41) is 3.51. The summed E-state index contributed by atoms with van der Waals surface area (Å²) in [6.07, 6.45) is 0.0608. The maximum atomic E-state index is 6.06. The van der Waals surface area contributed by atoms with Crippen molar-refractivity contribution < 1.29 is 14.2 Å². The monoisotopic (exact) mass is 553 g/mol. The van der Waals surface area contributed by atoms with Crippen LogP contribution in [-0.2, 0) is 27.4 Å². The third-order valence-electron chi connectivity index (χ3n) is 5.40. The van der Waals surface area contributed by atoms with Crippen molar-refractivity contribution in [3.05, 3.63) is 70.8 Å². The number of hydrogen-bond acceptors (Lipinski definition) is 4. The van der Waals surface area contributed by atoms with E-state index in [2.05, 4.69) is 70.7 Å². The molecule has 7 heteroatoms. The SMILES string of the molecule is CCOCCOCc1cccc(CNC(=NC)N2CCOC(c3ccccc3C)C2)c1.I. The Bertz CT molecular complexity index is 847. The normalized spacial score (nSPS) is 16.5. The molecule has 3 rings (SSSR count). The van der Waals surface area contributed by atoms with Crippen molar-refractivity contribution >= 4 is 29.9 Å². The number of aryl methyl sites for hydroxylation is 1. The lowest BCUT2D eigenvalue weighted by Crippen LogP contribution is -2.48. The van der Waals surface area contributed by atoms with E-state index in [0.717, 1.165) is 31.2 Å². The predicted octanol–water partition coefficient (Wildman–Crippen LogP) is 4.32. The number of guanidine groups is 1. The molecule has 0 radical (unpaired) electrons. The van der Waals surface area contributed by atoms with Crippen LogP contribution in [0.5, 0.6) is 0 Å². The Balaban J connectivity index is 0.00000363. The van der Waals surface area contributed by atoms with Gasteiger partial charge in [-0.15, -0.1) is 24.0 Å². The number of hydrogen-bond donors (Lipinski definition) is 1. The lowest BCUT2D eigenvalue weighted by molar-refractivity contribution is -0.00833. The Morgan fingerprint density at radius 1 is 1.12 bits per heavy atom. The van der Waals surface area contributed by atoms with Gasteiger partial charge in [0.05, 0.1) is 33.0 Å². The van der Waals surface area contributed by atoms with Gasteiger partial charge in [-0.05, 0) is 36.1 Å². The van der Waals surface area contributed by atoms with Crippen LogP contribution in [0.4, 0.5) is 0 Å². The van der Waals surface area contributed by atoms with E-state index >= 15 is 0 Å². The summed E-state index contributed by atoms with van der Waals surface area (Å²) >= 11 is 0. The third-order valence-corrected chi connectivity index (χ3v) is 5.40. The van der Waals surface area contributed by atoms with Gasteiger partial charge in [0.1, 0.15) is 6.10 Å². The molecule has 2 aromatic carbocycles. The molecule has 6 nitrogen and oxygen atoms in total. The van der Waals surface area contributed by atoms with Crippen molar-refractivity contribution in [2.75, 3.05) is 46.6 Å². The number of rotatable bonds is 9. The smallest absolute Gasteiger partial charge is 0.194 e. The number of benzene rings is 2. The maximum absolute atomic E-state index is 6.06. The van der Waals surface area contributed by atoms with Crippen LogP contribution in [0.3, 0.4) is 0 Å². The number of aliphatic imine (C=N–C) groups is 1. The number of morpholine rings is 1. The molecule has 2 aromatic rings. The van der Waals surface area contributed by atoms with Crippen molar-refractivity contribution in [1.82, 2.24) is 10.2 Å². The average molecular weight is 553 g/mol. The van der Waals surface area contributed by atoms with Gasteiger partial charge in [0.2, 0.25) is 0 Å². The second-order valence-electron chi connectivity index (χ2n) is 7.63. The highest BCUT2D eigenvalue weighted by Crippen LogP contribution is 2.25. The molecule has 1 unspecified atom stereocenters. The van der Waals surface area contributed by atoms with Crippen molar-refractivity contribution in [2.24, 2.45) is 4.99 Å². The summed E-state index contributed by atoms with van der Waals surface area (Å²) in [4.78, 5) is 6.79. The van der Waals surface area contributed by atoms with Gasteiger partial charge in [0.25, 0.3) is 0 Å². The van der Waals surface area contributed by atoms with Crippen LogP contribution in [0.2, 0.25) is 0 Å². The van der Waals surface area contributed by atoms with E-state index in [0.29, 0.717) is 33.0 Å². The van der Waals surface area contributed by atoms with Crippen molar-refractivity contribution in [3.63, 3.8) is 0 Å². The van der Waals surface area contributed by atoms with Crippen LogP contribution in [0, 0.1) is 6.92 Å². The number of ether oxygens (including phenoxy) is 3. The summed E-state index contributed by atoms with van der Waals surface area (Å²) in [5.41, 5.74) is 4.88. The van der Waals surface area contributed by atoms with Gasteiger partial charge in [-0.25, -0.2) is 0 Å². The fourth-order valence-corrected chi connectivity index (χ4v) is 3.77. The van der Waals surface area contributed by atoms with Gasteiger partial charge in [-0.2, -0.15) is 0 Å². The molecule has 1 fully saturated rings. The highest BCUT2D eigenvalue weighted by Gasteiger charge is 2.25. The highest BCUT2D eigenvalue weighted by molar-refractivity contribution is 14.0. The zero-order valence-electron chi connectivity index (χ0n) is 19.4. The fraction of sp³-hybridized carbons (Fsp3) is 0.480. The van der Waals surface area contributed by atoms with Crippen LogP contribution in [0.1, 0.15) is 35.3 Å². The largest absolute Gasteiger partial charge is 0.379 e. The zero-order valence-corrected chi connectivity index (χ0v) is 21.7. The zero-order chi connectivity index (χ0) is 21.9. The van der Waals surface area contributed by atoms with E-state index in [1.165, 1.54) is 16.7 Å². The first kappa shape index (κ1) is 26.6. The predicted molar refractivity (Wildman–Crippen MR) is 140 cm³/mol. The molecule has 1 N–H and O–H groups in total. The second-order valence-corrected chi connectivity index (χ2v) is 7.63. The van der Waals surface area contributed by atoms with E-state index in [9.17, 15) is 0 Å². The molecule has 1 heterocycles. The Morgan fingerprint density at radius 2 is 1.91 bits per heavy atom. The molecule has 0 aromatic heterocycles. The number of nitrogens with one attached hydrogen (secondary N) is 1. The van der Waals surface area contributed by atoms with E-state index in [-0.39, 0.29) is 30.1 Å². The fourth-order valence-electron chi connectivity index (χ4n) is 3.77. The number of nitrogens with zero attached hydrogens (tertiary/aromatic N) is 2. The second kappa shape index (κ2) is 14.5. The topological polar surface area (TPSA) is 55.3 Å². The van der Waals surface area contributed by atoms with Crippen LogP contribution < -0.4 is 5.32 Å². The molecule has 1 saturated heterocycles. The maximum Gasteiger partial charge on any atom is 0.194 e. The summed E-state index contributed by atoms with van der Waals surface area (Å²) in [5.74, 6) is 0.903. The molecular formula is C25H36IN3O3. The molecule has 0 saturated carbocycles. The molecule has 1 aliphatic heterocycles. The first-order valence-corrected chi connectivity index (χ1v) is 11.1. The summed E-state index contributed by atoms with van der Waals surface area (Å²) in [6.45, 7) is 9.72. The number of halogens is 1. The quantitative estimate of drug-likeness (QED) is 0.217. The molecule has 0 aliphatic carbocycles. The minimum atomic E-state index is 0. The van der Waals surface area contributed by atoms with Crippen molar-refractivity contribution in [3.8, 4) is 0 Å². The van der Waals surface area contributed by atoms with Crippen LogP contribution >= 0.6 is 24.0 Å². The van der Waals surface area contributed by atoms with Crippen molar-refractivity contribution in [2.45, 2.75) is 33.1 Å². The highest BCUT2D eigenvalue weighted by atomic mass is 127. The Kier molecular flexibility index (Phi) is 12.0. The van der Waals surface area contributed by atoms with E-state index in [4.69, 9.17) is 14.2 Å². The van der Waals surface area contributed by atoms with Crippen LogP contribution in [0.25, 0.3) is 0 Å².